The number of amides is 1. The van der Waals surface area contributed by atoms with Crippen molar-refractivity contribution in [2.75, 3.05) is 0 Å². The topological polar surface area (TPSA) is 72.2 Å². The fourth-order valence-electron chi connectivity index (χ4n) is 2.82. The van der Waals surface area contributed by atoms with E-state index in [9.17, 15) is 14.9 Å². The summed E-state index contributed by atoms with van der Waals surface area (Å²) < 4.78 is 0. The molecule has 1 aliphatic rings. The summed E-state index contributed by atoms with van der Waals surface area (Å²) in [7, 11) is 0. The highest BCUT2D eigenvalue weighted by molar-refractivity contribution is 5.79. The highest BCUT2D eigenvalue weighted by Crippen LogP contribution is 2.41. The van der Waals surface area contributed by atoms with Crippen LogP contribution in [-0.2, 0) is 11.2 Å². The maximum absolute atomic E-state index is 12.4. The monoisotopic (exact) mass is 324 g/mol. The summed E-state index contributed by atoms with van der Waals surface area (Å²) in [5.74, 6) is 0.454. The van der Waals surface area contributed by atoms with Crippen LogP contribution in [0, 0.1) is 23.0 Å². The van der Waals surface area contributed by atoms with Crippen molar-refractivity contribution < 1.29 is 9.72 Å². The Labute approximate surface area is 140 Å². The van der Waals surface area contributed by atoms with Gasteiger partial charge in [-0.15, -0.1) is 0 Å². The maximum atomic E-state index is 12.4. The lowest BCUT2D eigenvalue weighted by Crippen LogP contribution is -2.31. The summed E-state index contributed by atoms with van der Waals surface area (Å²) in [5.41, 5.74) is 3.15. The molecule has 0 heterocycles. The van der Waals surface area contributed by atoms with Crippen molar-refractivity contribution in [2.24, 2.45) is 5.92 Å². The van der Waals surface area contributed by atoms with E-state index < -0.39 is 4.92 Å². The van der Waals surface area contributed by atoms with Gasteiger partial charge >= 0.3 is 0 Å². The Morgan fingerprint density at radius 1 is 1.17 bits per heavy atom. The molecule has 3 rings (SSSR count). The second-order valence-corrected chi connectivity index (χ2v) is 6.39. The molecular weight excluding hydrogens is 304 g/mol. The summed E-state index contributed by atoms with van der Waals surface area (Å²) in [6.07, 6.45) is 2.50. The molecule has 5 heteroatoms. The van der Waals surface area contributed by atoms with E-state index in [1.54, 1.807) is 12.1 Å². The van der Waals surface area contributed by atoms with Crippen molar-refractivity contribution in [3.8, 4) is 0 Å². The Hall–Kier alpha value is -2.69. The smallest absolute Gasteiger partial charge is 0.269 e. The van der Waals surface area contributed by atoms with Gasteiger partial charge in [0.2, 0.25) is 5.91 Å². The number of hydrogen-bond acceptors (Lipinski definition) is 3. The zero-order valence-electron chi connectivity index (χ0n) is 13.6. The highest BCUT2D eigenvalue weighted by Gasteiger charge is 2.33. The molecule has 2 aromatic rings. The lowest BCUT2D eigenvalue weighted by molar-refractivity contribution is -0.384. The fourth-order valence-corrected chi connectivity index (χ4v) is 2.82. The summed E-state index contributed by atoms with van der Waals surface area (Å²) in [6.45, 7) is 2.04. The third-order valence-electron chi connectivity index (χ3n) is 4.36. The van der Waals surface area contributed by atoms with Gasteiger partial charge in [0.15, 0.2) is 0 Å². The van der Waals surface area contributed by atoms with Gasteiger partial charge in [0.05, 0.1) is 17.4 Å². The van der Waals surface area contributed by atoms with Gasteiger partial charge in [-0.05, 0) is 36.8 Å². The SMILES string of the molecule is Cc1ccc(C(NC(=O)Cc2ccc([N+](=O)[O-])cc2)C2CC2)cc1. The number of carbonyl (C=O) groups excluding carboxylic acids is 1. The van der Waals surface area contributed by atoms with Crippen LogP contribution >= 0.6 is 0 Å². The van der Waals surface area contributed by atoms with E-state index in [2.05, 4.69) is 29.6 Å². The number of benzene rings is 2. The largest absolute Gasteiger partial charge is 0.349 e. The first-order chi connectivity index (χ1) is 11.5. The van der Waals surface area contributed by atoms with Gasteiger partial charge in [0.25, 0.3) is 5.69 Å². The zero-order chi connectivity index (χ0) is 17.1. The molecule has 0 aromatic heterocycles. The van der Waals surface area contributed by atoms with Crippen molar-refractivity contribution in [1.82, 2.24) is 5.32 Å². The van der Waals surface area contributed by atoms with E-state index in [0.29, 0.717) is 5.92 Å². The number of nitro benzene ring substituents is 1. The normalized spacial score (nSPS) is 14.9. The van der Waals surface area contributed by atoms with Crippen molar-refractivity contribution in [3.63, 3.8) is 0 Å². The highest BCUT2D eigenvalue weighted by atomic mass is 16.6. The van der Waals surface area contributed by atoms with Crippen LogP contribution in [0.2, 0.25) is 0 Å². The van der Waals surface area contributed by atoms with Crippen LogP contribution in [0.1, 0.15) is 35.6 Å². The Morgan fingerprint density at radius 2 is 1.79 bits per heavy atom. The second-order valence-electron chi connectivity index (χ2n) is 6.39. The molecule has 24 heavy (non-hydrogen) atoms. The van der Waals surface area contributed by atoms with Crippen LogP contribution in [0.3, 0.4) is 0 Å². The number of nitro groups is 1. The van der Waals surface area contributed by atoms with Crippen LogP contribution in [-0.4, -0.2) is 10.8 Å². The molecule has 0 radical (unpaired) electrons. The molecule has 2 aromatic carbocycles. The van der Waals surface area contributed by atoms with Crippen molar-refractivity contribution in [3.05, 3.63) is 75.3 Å². The first kappa shape index (κ1) is 16.2. The molecule has 1 atom stereocenters. The number of aryl methyl sites for hydroxylation is 1. The van der Waals surface area contributed by atoms with Crippen molar-refractivity contribution in [2.45, 2.75) is 32.2 Å². The molecule has 5 nitrogen and oxygen atoms in total. The molecule has 1 unspecified atom stereocenters. The molecular formula is C19H20N2O3. The van der Waals surface area contributed by atoms with E-state index in [-0.39, 0.29) is 24.1 Å². The third-order valence-corrected chi connectivity index (χ3v) is 4.36. The molecule has 0 bridgehead atoms. The molecule has 1 amide bonds. The van der Waals surface area contributed by atoms with E-state index in [1.165, 1.54) is 17.7 Å². The molecule has 1 aliphatic carbocycles. The molecule has 0 saturated heterocycles. The Kier molecular flexibility index (Phi) is 4.60. The van der Waals surface area contributed by atoms with Gasteiger partial charge in [-0.3, -0.25) is 14.9 Å². The van der Waals surface area contributed by atoms with Gasteiger partial charge < -0.3 is 5.32 Å². The molecule has 0 spiro atoms. The first-order valence-electron chi connectivity index (χ1n) is 8.12. The van der Waals surface area contributed by atoms with Crippen LogP contribution in [0.25, 0.3) is 0 Å². The second kappa shape index (κ2) is 6.83. The number of non-ortho nitro benzene ring substituents is 1. The first-order valence-corrected chi connectivity index (χ1v) is 8.12. The molecule has 0 aliphatic heterocycles. The maximum Gasteiger partial charge on any atom is 0.269 e. The van der Waals surface area contributed by atoms with Gasteiger partial charge in [0, 0.05) is 12.1 Å². The fraction of sp³-hybridized carbons (Fsp3) is 0.316. The Balaban J connectivity index is 1.65. The number of carbonyl (C=O) groups is 1. The van der Waals surface area contributed by atoms with Crippen molar-refractivity contribution >= 4 is 11.6 Å². The Morgan fingerprint density at radius 3 is 2.33 bits per heavy atom. The van der Waals surface area contributed by atoms with Crippen LogP contribution in [0.4, 0.5) is 5.69 Å². The minimum absolute atomic E-state index is 0.0367. The predicted octanol–water partition coefficient (Wildman–Crippen LogP) is 3.71. The summed E-state index contributed by atoms with van der Waals surface area (Å²) in [6, 6.07) is 14.5. The molecule has 124 valence electrons. The minimum Gasteiger partial charge on any atom is -0.349 e. The van der Waals surface area contributed by atoms with Gasteiger partial charge in [-0.1, -0.05) is 42.0 Å². The third kappa shape index (κ3) is 3.98. The lowest BCUT2D eigenvalue weighted by atomic mass is 10.0. The average Bonchev–Trinajstić information content (AvgIpc) is 3.39. The standard InChI is InChI=1S/C19H20N2O3/c1-13-2-6-15(7-3-13)19(16-8-9-16)20-18(22)12-14-4-10-17(11-5-14)21(23)24/h2-7,10-11,16,19H,8-9,12H2,1H3,(H,20,22). The van der Waals surface area contributed by atoms with Gasteiger partial charge in [-0.25, -0.2) is 0 Å². The summed E-state index contributed by atoms with van der Waals surface area (Å²) >= 11 is 0. The van der Waals surface area contributed by atoms with E-state index in [0.717, 1.165) is 24.0 Å². The molecule has 1 fully saturated rings. The minimum atomic E-state index is -0.440. The zero-order valence-corrected chi connectivity index (χ0v) is 13.6. The van der Waals surface area contributed by atoms with E-state index in [4.69, 9.17) is 0 Å². The van der Waals surface area contributed by atoms with Crippen molar-refractivity contribution in [1.29, 1.82) is 0 Å². The number of rotatable bonds is 6. The van der Waals surface area contributed by atoms with Crippen LogP contribution in [0.5, 0.6) is 0 Å². The van der Waals surface area contributed by atoms with E-state index in [1.807, 2.05) is 6.92 Å². The van der Waals surface area contributed by atoms with E-state index >= 15 is 0 Å². The van der Waals surface area contributed by atoms with Gasteiger partial charge in [-0.2, -0.15) is 0 Å². The summed E-state index contributed by atoms with van der Waals surface area (Å²) in [4.78, 5) is 22.6. The Bertz CT molecular complexity index is 734. The molecule has 1 N–H and O–H groups in total. The predicted molar refractivity (Wildman–Crippen MR) is 91.6 cm³/mol. The lowest BCUT2D eigenvalue weighted by Gasteiger charge is -2.19. The van der Waals surface area contributed by atoms with Gasteiger partial charge in [0.1, 0.15) is 0 Å². The van der Waals surface area contributed by atoms with Crippen LogP contribution in [0.15, 0.2) is 48.5 Å². The number of hydrogen-bond donors (Lipinski definition) is 1. The van der Waals surface area contributed by atoms with Crippen LogP contribution < -0.4 is 5.32 Å². The average molecular weight is 324 g/mol. The quantitative estimate of drug-likeness (QED) is 0.650. The number of nitrogens with zero attached hydrogens (tertiary/aromatic N) is 1. The number of nitrogens with one attached hydrogen (secondary N) is 1. The summed E-state index contributed by atoms with van der Waals surface area (Å²) in [5, 5.41) is 13.8. The molecule has 1 saturated carbocycles.